The Balaban J connectivity index is 1.59. The fourth-order valence-electron chi connectivity index (χ4n) is 3.35. The third-order valence-electron chi connectivity index (χ3n) is 4.91. The molecule has 27 heavy (non-hydrogen) atoms. The van der Waals surface area contributed by atoms with Crippen LogP contribution in [0.25, 0.3) is 0 Å². The lowest BCUT2D eigenvalue weighted by Crippen LogP contribution is -3.15. The summed E-state index contributed by atoms with van der Waals surface area (Å²) in [4.78, 5) is 1.52. The Bertz CT molecular complexity index is 703. The first kappa shape index (κ1) is 19.6. The topological polar surface area (TPSA) is 47.0 Å². The van der Waals surface area contributed by atoms with E-state index in [1.165, 1.54) is 16.0 Å². The van der Waals surface area contributed by atoms with Crippen molar-refractivity contribution in [1.29, 1.82) is 0 Å². The van der Waals surface area contributed by atoms with Crippen LogP contribution in [-0.2, 0) is 11.3 Å². The molecule has 1 saturated heterocycles. The van der Waals surface area contributed by atoms with Gasteiger partial charge in [0.05, 0.1) is 26.9 Å². The van der Waals surface area contributed by atoms with E-state index in [4.69, 9.17) is 21.7 Å². The third kappa shape index (κ3) is 5.92. The van der Waals surface area contributed by atoms with Crippen molar-refractivity contribution in [2.75, 3.05) is 40.0 Å². The smallest absolute Gasteiger partial charge is 0.166 e. The van der Waals surface area contributed by atoms with E-state index in [9.17, 15) is 0 Å². The largest absolute Gasteiger partial charge is 0.497 e. The number of methoxy groups -OCH3 is 1. The quantitative estimate of drug-likeness (QED) is 0.627. The molecule has 0 radical (unpaired) electrons. The summed E-state index contributed by atoms with van der Waals surface area (Å²) >= 11 is 5.49. The molecule has 0 amide bonds. The monoisotopic (exact) mass is 386 g/mol. The van der Waals surface area contributed by atoms with Gasteiger partial charge in [-0.05, 0) is 42.0 Å². The van der Waals surface area contributed by atoms with E-state index in [-0.39, 0.29) is 0 Å². The Morgan fingerprint density at radius 3 is 2.44 bits per heavy atom. The van der Waals surface area contributed by atoms with Crippen LogP contribution in [0.5, 0.6) is 5.75 Å². The first-order chi connectivity index (χ1) is 13.3. The van der Waals surface area contributed by atoms with Crippen molar-refractivity contribution in [3.05, 3.63) is 65.7 Å². The minimum atomic E-state index is 0.316. The van der Waals surface area contributed by atoms with E-state index in [2.05, 4.69) is 34.9 Å². The van der Waals surface area contributed by atoms with Crippen LogP contribution in [0.15, 0.2) is 54.6 Å². The summed E-state index contributed by atoms with van der Waals surface area (Å²) in [6, 6.07) is 18.9. The molecular weight excluding hydrogens is 358 g/mol. The van der Waals surface area contributed by atoms with Gasteiger partial charge in [-0.2, -0.15) is 0 Å². The van der Waals surface area contributed by atoms with Crippen molar-refractivity contribution >= 4 is 17.3 Å². The molecular formula is C21H28N3O2S+. The molecule has 2 aromatic rings. The molecule has 3 rings (SSSR count). The first-order valence-electron chi connectivity index (χ1n) is 9.38. The lowest BCUT2D eigenvalue weighted by Gasteiger charge is -2.32. The zero-order chi connectivity index (χ0) is 18.9. The maximum Gasteiger partial charge on any atom is 0.166 e. The molecule has 5 nitrogen and oxygen atoms in total. The van der Waals surface area contributed by atoms with E-state index < -0.39 is 0 Å². The SMILES string of the molecule is COc1ccc([C@H](CNC(=S)NCc2ccccc2)[NH+]2CCOCC2)cc1. The zero-order valence-corrected chi connectivity index (χ0v) is 16.6. The van der Waals surface area contributed by atoms with Gasteiger partial charge in [0.15, 0.2) is 5.11 Å². The van der Waals surface area contributed by atoms with Crippen LogP contribution < -0.4 is 20.3 Å². The van der Waals surface area contributed by atoms with Crippen molar-refractivity contribution in [2.45, 2.75) is 12.6 Å². The van der Waals surface area contributed by atoms with Crippen molar-refractivity contribution in [1.82, 2.24) is 10.6 Å². The molecule has 1 aliphatic heterocycles. The second kappa shape index (κ2) is 10.3. The number of hydrogen-bond donors (Lipinski definition) is 3. The van der Waals surface area contributed by atoms with Crippen LogP contribution >= 0.6 is 12.2 Å². The number of quaternary nitrogens is 1. The number of benzene rings is 2. The van der Waals surface area contributed by atoms with E-state index in [1.54, 1.807) is 7.11 Å². The molecule has 0 spiro atoms. The summed E-state index contributed by atoms with van der Waals surface area (Å²) in [5, 5.41) is 7.38. The number of ether oxygens (including phenoxy) is 2. The van der Waals surface area contributed by atoms with Crippen LogP contribution in [0.2, 0.25) is 0 Å². The number of nitrogens with one attached hydrogen (secondary N) is 3. The lowest BCUT2D eigenvalue weighted by atomic mass is 10.0. The number of thiocarbonyl (C=S) groups is 1. The highest BCUT2D eigenvalue weighted by Crippen LogP contribution is 2.16. The second-order valence-electron chi connectivity index (χ2n) is 6.65. The van der Waals surface area contributed by atoms with Crippen LogP contribution in [0, 0.1) is 0 Å². The van der Waals surface area contributed by atoms with E-state index in [0.717, 1.165) is 45.1 Å². The van der Waals surface area contributed by atoms with Crippen molar-refractivity contribution in [2.24, 2.45) is 0 Å². The van der Waals surface area contributed by atoms with Crippen molar-refractivity contribution < 1.29 is 14.4 Å². The molecule has 1 fully saturated rings. The van der Waals surface area contributed by atoms with Crippen LogP contribution in [0.3, 0.4) is 0 Å². The van der Waals surface area contributed by atoms with Crippen LogP contribution in [0.4, 0.5) is 0 Å². The Morgan fingerprint density at radius 2 is 1.78 bits per heavy atom. The molecule has 3 N–H and O–H groups in total. The van der Waals surface area contributed by atoms with Gasteiger partial charge in [0.25, 0.3) is 0 Å². The summed E-state index contributed by atoms with van der Waals surface area (Å²) in [5.41, 5.74) is 2.50. The van der Waals surface area contributed by atoms with E-state index in [1.807, 2.05) is 30.3 Å². The predicted octanol–water partition coefficient (Wildman–Crippen LogP) is 1.32. The van der Waals surface area contributed by atoms with Crippen LogP contribution in [-0.4, -0.2) is 45.1 Å². The van der Waals surface area contributed by atoms with Gasteiger partial charge in [-0.25, -0.2) is 0 Å². The minimum absolute atomic E-state index is 0.316. The molecule has 0 aliphatic carbocycles. The lowest BCUT2D eigenvalue weighted by molar-refractivity contribution is -0.937. The molecule has 0 unspecified atom stereocenters. The molecule has 6 heteroatoms. The Labute approximate surface area is 166 Å². The first-order valence-corrected chi connectivity index (χ1v) is 9.79. The summed E-state index contributed by atoms with van der Waals surface area (Å²) in [7, 11) is 1.69. The van der Waals surface area contributed by atoms with E-state index >= 15 is 0 Å². The highest BCUT2D eigenvalue weighted by atomic mass is 32.1. The fourth-order valence-corrected chi connectivity index (χ4v) is 3.51. The van der Waals surface area contributed by atoms with Gasteiger partial charge in [-0.1, -0.05) is 30.3 Å². The minimum Gasteiger partial charge on any atom is -0.497 e. The number of hydrogen-bond acceptors (Lipinski definition) is 3. The molecule has 1 heterocycles. The van der Waals surface area contributed by atoms with Gasteiger partial charge >= 0.3 is 0 Å². The van der Waals surface area contributed by atoms with Gasteiger partial charge in [0, 0.05) is 12.1 Å². The molecule has 0 bridgehead atoms. The second-order valence-corrected chi connectivity index (χ2v) is 7.05. The van der Waals surface area contributed by atoms with E-state index in [0.29, 0.717) is 11.2 Å². The number of morpholine rings is 1. The maximum absolute atomic E-state index is 5.54. The third-order valence-corrected chi connectivity index (χ3v) is 5.20. The summed E-state index contributed by atoms with van der Waals surface area (Å²) in [6.07, 6.45) is 0. The van der Waals surface area contributed by atoms with Crippen molar-refractivity contribution in [3.63, 3.8) is 0 Å². The molecule has 0 aromatic heterocycles. The average molecular weight is 387 g/mol. The Kier molecular flexibility index (Phi) is 7.45. The van der Waals surface area contributed by atoms with Gasteiger partial charge in [-0.15, -0.1) is 0 Å². The standard InChI is InChI=1S/C21H27N3O2S/c1-25-19-9-7-18(8-10-19)20(24-11-13-26-14-12-24)16-23-21(27)22-15-17-5-3-2-4-6-17/h2-10,20H,11-16H2,1H3,(H2,22,23,27)/p+1/t20-/m0/s1. The van der Waals surface area contributed by atoms with Crippen molar-refractivity contribution in [3.8, 4) is 5.75 Å². The predicted molar refractivity (Wildman–Crippen MR) is 111 cm³/mol. The van der Waals surface area contributed by atoms with Gasteiger partial charge in [-0.3, -0.25) is 0 Å². The molecule has 0 saturated carbocycles. The zero-order valence-electron chi connectivity index (χ0n) is 15.7. The molecule has 144 valence electrons. The van der Waals surface area contributed by atoms with Gasteiger partial charge in [0.1, 0.15) is 24.9 Å². The Hall–Kier alpha value is -2.15. The molecule has 2 aromatic carbocycles. The Morgan fingerprint density at radius 1 is 1.07 bits per heavy atom. The highest BCUT2D eigenvalue weighted by molar-refractivity contribution is 7.80. The summed E-state index contributed by atoms with van der Waals surface area (Å²) in [5.74, 6) is 0.877. The summed E-state index contributed by atoms with van der Waals surface area (Å²) < 4.78 is 10.8. The molecule has 1 atom stereocenters. The molecule has 1 aliphatic rings. The van der Waals surface area contributed by atoms with Crippen LogP contribution in [0.1, 0.15) is 17.2 Å². The summed E-state index contributed by atoms with van der Waals surface area (Å²) in [6.45, 7) is 5.12. The average Bonchev–Trinajstić information content (AvgIpc) is 2.74. The maximum atomic E-state index is 5.54. The fraction of sp³-hybridized carbons (Fsp3) is 0.381. The van der Waals surface area contributed by atoms with Gasteiger partial charge in [0.2, 0.25) is 0 Å². The normalized spacial score (nSPS) is 15.7. The highest BCUT2D eigenvalue weighted by Gasteiger charge is 2.26. The van der Waals surface area contributed by atoms with Gasteiger partial charge < -0.3 is 25.0 Å². The number of rotatable bonds is 7.